The molecular weight excluding hydrogens is 975 g/mol. The molecule has 2 aliphatic heterocycles. The lowest BCUT2D eigenvalue weighted by Crippen LogP contribution is -2.64. The number of unbranched alkanes of at least 4 members (excludes halogenated alkanes) is 23. The van der Waals surface area contributed by atoms with Gasteiger partial charge >= 0.3 is 5.97 Å². The van der Waals surface area contributed by atoms with Gasteiger partial charge in [0.2, 0.25) is 5.91 Å². The average Bonchev–Trinajstić information content (AvgIpc) is 3.53. The lowest BCUT2D eigenvalue weighted by molar-refractivity contribution is -0.373. The molecule has 10 heteroatoms. The molecule has 0 radical (unpaired) electrons. The highest BCUT2D eigenvalue weighted by molar-refractivity contribution is 5.89. The summed E-state index contributed by atoms with van der Waals surface area (Å²) in [4.78, 5) is 28.1. The molecule has 4 aromatic carbocycles. The first-order chi connectivity index (χ1) is 38.5. The normalized spacial score (nSPS) is 20.0. The fourth-order valence-electron chi connectivity index (χ4n) is 10.5. The Morgan fingerprint density at radius 1 is 0.551 bits per heavy atom. The van der Waals surface area contributed by atoms with Crippen molar-refractivity contribution in [2.75, 3.05) is 13.2 Å². The second-order valence-corrected chi connectivity index (χ2v) is 21.7. The molecular formula is C68H97NO9. The molecule has 0 saturated carbocycles. The summed E-state index contributed by atoms with van der Waals surface area (Å²) in [5.74, 6) is -0.590. The minimum absolute atomic E-state index is 0.0487. The molecule has 0 aliphatic carbocycles. The molecule has 2 aliphatic rings. The Kier molecular flexibility index (Phi) is 31.1. The van der Waals surface area contributed by atoms with E-state index in [-0.39, 0.29) is 25.7 Å². The summed E-state index contributed by atoms with van der Waals surface area (Å²) in [6.45, 7) is 5.26. The van der Waals surface area contributed by atoms with Gasteiger partial charge in [-0.1, -0.05) is 270 Å². The van der Waals surface area contributed by atoms with Gasteiger partial charge < -0.3 is 38.5 Å². The third-order valence-electron chi connectivity index (χ3n) is 15.2. The summed E-state index contributed by atoms with van der Waals surface area (Å²) in [5.41, 5.74) is 3.30. The number of ether oxygens (including phenoxy) is 7. The van der Waals surface area contributed by atoms with E-state index in [1.165, 1.54) is 122 Å². The summed E-state index contributed by atoms with van der Waals surface area (Å²) >= 11 is 0. The first-order valence-electron chi connectivity index (χ1n) is 30.6. The van der Waals surface area contributed by atoms with Gasteiger partial charge in [0.05, 0.1) is 38.0 Å². The van der Waals surface area contributed by atoms with Gasteiger partial charge in [0.1, 0.15) is 30.5 Å². The van der Waals surface area contributed by atoms with E-state index in [2.05, 4.69) is 25.2 Å². The van der Waals surface area contributed by atoms with Gasteiger partial charge in [-0.3, -0.25) is 4.79 Å². The Hall–Kier alpha value is -4.68. The molecule has 8 atom stereocenters. The van der Waals surface area contributed by atoms with Crippen LogP contribution >= 0.6 is 0 Å². The maximum atomic E-state index is 14.1. The summed E-state index contributed by atoms with van der Waals surface area (Å²) in [5, 5.41) is 3.30. The van der Waals surface area contributed by atoms with E-state index < -0.39 is 55.1 Å². The van der Waals surface area contributed by atoms with E-state index in [1.807, 2.05) is 115 Å². The van der Waals surface area contributed by atoms with Crippen molar-refractivity contribution in [2.24, 2.45) is 0 Å². The molecule has 4 aromatic rings. The zero-order chi connectivity index (χ0) is 54.5. The van der Waals surface area contributed by atoms with E-state index in [0.29, 0.717) is 18.6 Å². The number of amides is 1. The van der Waals surface area contributed by atoms with E-state index in [0.717, 1.165) is 55.2 Å². The fourth-order valence-corrected chi connectivity index (χ4v) is 10.5. The van der Waals surface area contributed by atoms with Crippen molar-refractivity contribution < 1.29 is 42.7 Å². The van der Waals surface area contributed by atoms with Crippen LogP contribution in [-0.4, -0.2) is 67.9 Å². The zero-order valence-corrected chi connectivity index (χ0v) is 47.7. The number of hydrogen-bond donors (Lipinski definition) is 1. The van der Waals surface area contributed by atoms with Crippen LogP contribution in [0.4, 0.5) is 0 Å². The van der Waals surface area contributed by atoms with Crippen LogP contribution in [0.3, 0.4) is 0 Å². The zero-order valence-electron chi connectivity index (χ0n) is 47.7. The Morgan fingerprint density at radius 3 is 1.56 bits per heavy atom. The number of hydrogen-bond acceptors (Lipinski definition) is 9. The van der Waals surface area contributed by atoms with Crippen LogP contribution in [0.2, 0.25) is 0 Å². The molecule has 0 aromatic heterocycles. The van der Waals surface area contributed by atoms with Gasteiger partial charge in [-0.25, -0.2) is 4.79 Å². The Morgan fingerprint density at radius 2 is 1.03 bits per heavy atom. The quantitative estimate of drug-likeness (QED) is 0.0264. The van der Waals surface area contributed by atoms with Crippen molar-refractivity contribution in [3.63, 3.8) is 0 Å². The van der Waals surface area contributed by atoms with Crippen LogP contribution in [-0.2, 0) is 51.2 Å². The molecule has 2 heterocycles. The van der Waals surface area contributed by atoms with Crippen molar-refractivity contribution in [3.05, 3.63) is 156 Å². The molecule has 1 amide bonds. The topological polar surface area (TPSA) is 111 Å². The van der Waals surface area contributed by atoms with E-state index in [1.54, 1.807) is 12.1 Å². The Bertz CT molecular complexity index is 2160. The van der Waals surface area contributed by atoms with Crippen LogP contribution in [0.1, 0.15) is 214 Å². The van der Waals surface area contributed by atoms with Gasteiger partial charge in [0.25, 0.3) is 0 Å². The summed E-state index contributed by atoms with van der Waals surface area (Å²) < 4.78 is 47.1. The minimum Gasteiger partial charge on any atom is -0.452 e. The highest BCUT2D eigenvalue weighted by Crippen LogP contribution is 2.38. The molecule has 0 bridgehead atoms. The maximum absolute atomic E-state index is 14.1. The smallest absolute Gasteiger partial charge is 0.338 e. The first kappa shape index (κ1) is 62.5. The number of benzene rings is 4. The third kappa shape index (κ3) is 24.0. The van der Waals surface area contributed by atoms with Crippen molar-refractivity contribution in [1.29, 1.82) is 0 Å². The molecule has 2 saturated heterocycles. The van der Waals surface area contributed by atoms with Crippen LogP contribution < -0.4 is 5.32 Å². The van der Waals surface area contributed by atoms with Crippen molar-refractivity contribution in [3.8, 4) is 0 Å². The highest BCUT2D eigenvalue weighted by atomic mass is 16.8. The standard InChI is InChI=1S/C68H97NO9/c1-3-5-7-9-11-13-15-17-19-21-23-25-39-49-60(76-66(71)57-45-35-29-36-46-57)59(69-62(70)50-40-26-24-22-20-18-16-14-12-10-8-6-4-2)53-74-68-65(73-52-56-43-33-28-34-44-56)64(72-51-55-41-31-27-32-42-55)63-61(77-68)54-75-67(78-63)58-47-37-30-38-48-58/h27-39,41-49,59-61,63-65,67-68H,3-26,40,50-54H2,1-2H3,(H,69,70)/b49-39+/t59-,60+,61+,63-,64-,65+,67?,68+/m0/s1. The number of carbonyl (C=O) groups excluding carboxylic acids is 2. The van der Waals surface area contributed by atoms with Gasteiger partial charge in [-0.2, -0.15) is 0 Å². The van der Waals surface area contributed by atoms with E-state index in [4.69, 9.17) is 33.2 Å². The van der Waals surface area contributed by atoms with E-state index in [9.17, 15) is 9.59 Å². The molecule has 2 fully saturated rings. The number of nitrogens with one attached hydrogen (secondary N) is 1. The third-order valence-corrected chi connectivity index (χ3v) is 15.2. The van der Waals surface area contributed by atoms with Crippen LogP contribution in [0.15, 0.2) is 133 Å². The lowest BCUT2D eigenvalue weighted by atomic mass is 9.97. The summed E-state index contributed by atoms with van der Waals surface area (Å²) in [6, 6.07) is 38.2. The molecule has 6 rings (SSSR count). The number of esters is 1. The largest absolute Gasteiger partial charge is 0.452 e. The molecule has 78 heavy (non-hydrogen) atoms. The van der Waals surface area contributed by atoms with Gasteiger partial charge in [0, 0.05) is 12.0 Å². The second-order valence-electron chi connectivity index (χ2n) is 21.7. The predicted octanol–water partition coefficient (Wildman–Crippen LogP) is 16.5. The summed E-state index contributed by atoms with van der Waals surface area (Å²) in [6.07, 6.45) is 30.0. The SMILES string of the molecule is CCCCCCCCCCCCC/C=C/[C@@H](OC(=O)c1ccccc1)[C@H](CO[C@@H]1O[C@@H]2COC(c3ccccc3)O[C@@H]2[C@H](OCc2ccccc2)[C@H]1OCc1ccccc1)NC(=O)CCCCCCCCCCCCCCC. The number of fused-ring (bicyclic) bond motifs is 1. The maximum Gasteiger partial charge on any atom is 0.338 e. The second kappa shape index (κ2) is 38.8. The fraction of sp³-hybridized carbons (Fsp3) is 0.588. The highest BCUT2D eigenvalue weighted by Gasteiger charge is 2.52. The first-order valence-corrected chi connectivity index (χ1v) is 30.6. The molecule has 1 unspecified atom stereocenters. The molecule has 1 N–H and O–H groups in total. The minimum atomic E-state index is -0.984. The van der Waals surface area contributed by atoms with Gasteiger partial charge in [-0.05, 0) is 48.6 Å². The van der Waals surface area contributed by atoms with Gasteiger partial charge in [0.15, 0.2) is 12.6 Å². The van der Waals surface area contributed by atoms with Gasteiger partial charge in [-0.15, -0.1) is 0 Å². The number of carbonyl (C=O) groups is 2. The monoisotopic (exact) mass is 1070 g/mol. The van der Waals surface area contributed by atoms with Crippen molar-refractivity contribution in [1.82, 2.24) is 5.32 Å². The van der Waals surface area contributed by atoms with Crippen molar-refractivity contribution >= 4 is 11.9 Å². The van der Waals surface area contributed by atoms with Crippen LogP contribution in [0.25, 0.3) is 0 Å². The van der Waals surface area contributed by atoms with Crippen molar-refractivity contribution in [2.45, 2.75) is 243 Å². The van der Waals surface area contributed by atoms with Crippen LogP contribution in [0.5, 0.6) is 0 Å². The lowest BCUT2D eigenvalue weighted by Gasteiger charge is -2.49. The molecule has 428 valence electrons. The molecule has 0 spiro atoms. The Labute approximate surface area is 470 Å². The number of rotatable bonds is 41. The summed E-state index contributed by atoms with van der Waals surface area (Å²) in [7, 11) is 0. The average molecular weight is 1070 g/mol. The van der Waals surface area contributed by atoms with E-state index >= 15 is 0 Å². The number of allylic oxidation sites excluding steroid dienone is 1. The molecule has 10 nitrogen and oxygen atoms in total. The predicted molar refractivity (Wildman–Crippen MR) is 313 cm³/mol. The Balaban J connectivity index is 1.18. The van der Waals surface area contributed by atoms with Crippen LogP contribution in [0, 0.1) is 0 Å².